The molecule has 1 nitrogen and oxygen atoms in total. The standard InChI is InChI=1S/C20H18F4O/c1-2-3-4-5-16-7-11-17(19(21)14-16)10-6-15-8-12-18(13-9-15)25-20(22,23)24/h7-9,11-14H,2-5H2,1H3. The van der Waals surface area contributed by atoms with Gasteiger partial charge >= 0.3 is 6.36 Å². The molecule has 0 atom stereocenters. The zero-order valence-corrected chi connectivity index (χ0v) is 13.8. The topological polar surface area (TPSA) is 9.23 Å². The number of halogens is 4. The van der Waals surface area contributed by atoms with Gasteiger partial charge in [-0.1, -0.05) is 37.7 Å². The number of hydrogen-bond donors (Lipinski definition) is 0. The lowest BCUT2D eigenvalue weighted by Gasteiger charge is -2.08. The van der Waals surface area contributed by atoms with Crippen LogP contribution in [0.1, 0.15) is 42.9 Å². The molecule has 0 fully saturated rings. The maximum absolute atomic E-state index is 14.1. The first-order valence-corrected chi connectivity index (χ1v) is 8.03. The molecule has 0 aromatic heterocycles. The SMILES string of the molecule is CCCCCc1ccc(C#Cc2ccc(OC(F)(F)F)cc2)c(F)c1. The highest BCUT2D eigenvalue weighted by Crippen LogP contribution is 2.22. The summed E-state index contributed by atoms with van der Waals surface area (Å²) in [7, 11) is 0. The monoisotopic (exact) mass is 350 g/mol. The molecule has 2 aromatic rings. The van der Waals surface area contributed by atoms with Crippen molar-refractivity contribution in [1.82, 2.24) is 0 Å². The van der Waals surface area contributed by atoms with Crippen molar-refractivity contribution in [3.05, 3.63) is 65.0 Å². The third-order valence-electron chi connectivity index (χ3n) is 3.53. The number of aryl methyl sites for hydroxylation is 1. The molecule has 0 radical (unpaired) electrons. The fourth-order valence-electron chi connectivity index (χ4n) is 2.27. The maximum atomic E-state index is 14.1. The highest BCUT2D eigenvalue weighted by Gasteiger charge is 2.30. The van der Waals surface area contributed by atoms with Crippen LogP contribution in [0.5, 0.6) is 5.75 Å². The summed E-state index contributed by atoms with van der Waals surface area (Å²) in [5, 5.41) is 0. The van der Waals surface area contributed by atoms with Crippen LogP contribution in [0.2, 0.25) is 0 Å². The van der Waals surface area contributed by atoms with Crippen molar-refractivity contribution in [3.8, 4) is 17.6 Å². The quantitative estimate of drug-likeness (QED) is 0.373. The maximum Gasteiger partial charge on any atom is 0.573 e. The second kappa shape index (κ2) is 8.57. The fraction of sp³-hybridized carbons (Fsp3) is 0.300. The van der Waals surface area contributed by atoms with Gasteiger partial charge in [0.15, 0.2) is 0 Å². The summed E-state index contributed by atoms with van der Waals surface area (Å²) >= 11 is 0. The highest BCUT2D eigenvalue weighted by molar-refractivity contribution is 5.45. The molecule has 0 aliphatic heterocycles. The van der Waals surface area contributed by atoms with E-state index in [4.69, 9.17) is 0 Å². The van der Waals surface area contributed by atoms with Crippen molar-refractivity contribution < 1.29 is 22.3 Å². The summed E-state index contributed by atoms with van der Waals surface area (Å²) in [6, 6.07) is 10.1. The molecule has 0 spiro atoms. The van der Waals surface area contributed by atoms with E-state index < -0.39 is 12.2 Å². The number of alkyl halides is 3. The first-order valence-electron chi connectivity index (χ1n) is 8.03. The van der Waals surface area contributed by atoms with Gasteiger partial charge in [-0.25, -0.2) is 4.39 Å². The second-order valence-electron chi connectivity index (χ2n) is 5.59. The molecule has 0 bridgehead atoms. The van der Waals surface area contributed by atoms with Crippen LogP contribution < -0.4 is 4.74 Å². The first-order chi connectivity index (χ1) is 11.9. The van der Waals surface area contributed by atoms with Gasteiger partial charge in [0, 0.05) is 5.56 Å². The number of benzene rings is 2. The summed E-state index contributed by atoms with van der Waals surface area (Å²) in [5.74, 6) is 4.73. The van der Waals surface area contributed by atoms with E-state index in [1.807, 2.05) is 6.07 Å². The fourth-order valence-corrected chi connectivity index (χ4v) is 2.27. The van der Waals surface area contributed by atoms with E-state index in [0.717, 1.165) is 31.2 Å². The van der Waals surface area contributed by atoms with Crippen LogP contribution in [0.25, 0.3) is 0 Å². The Morgan fingerprint density at radius 1 is 0.960 bits per heavy atom. The van der Waals surface area contributed by atoms with Gasteiger partial charge in [0.25, 0.3) is 0 Å². The number of ether oxygens (including phenoxy) is 1. The Morgan fingerprint density at radius 3 is 2.28 bits per heavy atom. The van der Waals surface area contributed by atoms with Gasteiger partial charge < -0.3 is 4.74 Å². The molecule has 0 N–H and O–H groups in total. The van der Waals surface area contributed by atoms with E-state index in [2.05, 4.69) is 23.5 Å². The normalized spacial score (nSPS) is 10.9. The van der Waals surface area contributed by atoms with Gasteiger partial charge in [-0.3, -0.25) is 0 Å². The van der Waals surface area contributed by atoms with Crippen molar-refractivity contribution in [3.63, 3.8) is 0 Å². The Morgan fingerprint density at radius 2 is 1.68 bits per heavy atom. The van der Waals surface area contributed by atoms with E-state index in [0.29, 0.717) is 5.56 Å². The molecule has 0 amide bonds. The predicted molar refractivity (Wildman–Crippen MR) is 88.7 cm³/mol. The van der Waals surface area contributed by atoms with E-state index in [-0.39, 0.29) is 11.3 Å². The van der Waals surface area contributed by atoms with Crippen LogP contribution in [-0.4, -0.2) is 6.36 Å². The van der Waals surface area contributed by atoms with Crippen LogP contribution in [0.15, 0.2) is 42.5 Å². The minimum atomic E-state index is -4.73. The van der Waals surface area contributed by atoms with Crippen molar-refractivity contribution in [2.75, 3.05) is 0 Å². The van der Waals surface area contributed by atoms with Crippen molar-refractivity contribution in [1.29, 1.82) is 0 Å². The van der Waals surface area contributed by atoms with E-state index in [9.17, 15) is 17.6 Å². The summed E-state index contributed by atoms with van der Waals surface area (Å²) in [4.78, 5) is 0. The molecule has 5 heteroatoms. The van der Waals surface area contributed by atoms with E-state index in [1.165, 1.54) is 30.3 Å². The molecule has 0 aliphatic rings. The molecule has 0 saturated heterocycles. The molecule has 0 saturated carbocycles. The number of unbranched alkanes of at least 4 members (excludes halogenated alkanes) is 2. The van der Waals surface area contributed by atoms with Gasteiger partial charge in [-0.05, 0) is 54.8 Å². The highest BCUT2D eigenvalue weighted by atomic mass is 19.4. The summed E-state index contributed by atoms with van der Waals surface area (Å²) in [5.41, 5.74) is 1.67. The van der Waals surface area contributed by atoms with Gasteiger partial charge in [0.05, 0.1) is 5.56 Å². The third kappa shape index (κ3) is 6.50. The molecular formula is C20H18F4O. The molecule has 2 aromatic carbocycles. The minimum absolute atomic E-state index is 0.259. The zero-order valence-electron chi connectivity index (χ0n) is 13.8. The minimum Gasteiger partial charge on any atom is -0.406 e. The molecule has 0 unspecified atom stereocenters. The Hall–Kier alpha value is -2.48. The van der Waals surface area contributed by atoms with Crippen LogP contribution in [0, 0.1) is 17.7 Å². The average molecular weight is 350 g/mol. The number of hydrogen-bond acceptors (Lipinski definition) is 1. The van der Waals surface area contributed by atoms with Gasteiger partial charge in [-0.15, -0.1) is 13.2 Å². The lowest BCUT2D eigenvalue weighted by Crippen LogP contribution is -2.16. The van der Waals surface area contributed by atoms with Crippen LogP contribution >= 0.6 is 0 Å². The Balaban J connectivity index is 2.05. The van der Waals surface area contributed by atoms with Crippen molar-refractivity contribution in [2.45, 2.75) is 39.0 Å². The zero-order chi connectivity index (χ0) is 18.3. The molecule has 0 heterocycles. The van der Waals surface area contributed by atoms with E-state index >= 15 is 0 Å². The van der Waals surface area contributed by atoms with Crippen LogP contribution in [0.3, 0.4) is 0 Å². The second-order valence-corrected chi connectivity index (χ2v) is 5.59. The number of rotatable bonds is 5. The molecule has 0 aliphatic carbocycles. The smallest absolute Gasteiger partial charge is 0.406 e. The first kappa shape index (κ1) is 18.9. The lowest BCUT2D eigenvalue weighted by molar-refractivity contribution is -0.274. The van der Waals surface area contributed by atoms with Crippen molar-refractivity contribution in [2.24, 2.45) is 0 Å². The van der Waals surface area contributed by atoms with Crippen LogP contribution in [0.4, 0.5) is 17.6 Å². The van der Waals surface area contributed by atoms with Gasteiger partial charge in [0.1, 0.15) is 11.6 Å². The van der Waals surface area contributed by atoms with Gasteiger partial charge in [-0.2, -0.15) is 0 Å². The van der Waals surface area contributed by atoms with Gasteiger partial charge in [0.2, 0.25) is 0 Å². The Bertz CT molecular complexity index is 752. The third-order valence-corrected chi connectivity index (χ3v) is 3.53. The summed E-state index contributed by atoms with van der Waals surface area (Å²) in [6.45, 7) is 2.11. The van der Waals surface area contributed by atoms with E-state index in [1.54, 1.807) is 6.07 Å². The van der Waals surface area contributed by atoms with Crippen molar-refractivity contribution >= 4 is 0 Å². The largest absolute Gasteiger partial charge is 0.573 e. The molecule has 2 rings (SSSR count). The predicted octanol–water partition coefficient (Wildman–Crippen LogP) is 5.86. The molecular weight excluding hydrogens is 332 g/mol. The Labute approximate surface area is 144 Å². The summed E-state index contributed by atoms with van der Waals surface area (Å²) < 4.78 is 54.1. The molecule has 25 heavy (non-hydrogen) atoms. The lowest BCUT2D eigenvalue weighted by atomic mass is 10.0. The molecule has 132 valence electrons. The average Bonchev–Trinajstić information content (AvgIpc) is 2.54. The van der Waals surface area contributed by atoms with Crippen LogP contribution in [-0.2, 0) is 6.42 Å². The Kier molecular flexibility index (Phi) is 6.46. The summed E-state index contributed by atoms with van der Waals surface area (Å²) in [6.07, 6.45) is -0.655.